The lowest BCUT2D eigenvalue weighted by Crippen LogP contribution is -3.00. The number of quaternary nitrogens is 1. The molecule has 0 fully saturated rings. The molecule has 1 N–H and O–H groups in total. The normalized spacial score (nSPS) is 12.3. The minimum Gasteiger partial charge on any atom is -1.00 e. The number of hydrogen-bond acceptors (Lipinski definition) is 3. The standard InChI is InChI=1S/C23H40NO3.ClH/c1-4-5-6-7-8-9-10-14-19-27-23(26)20-24(2,3)18-17-22(25)21-15-12-11-13-16-21;/h11-13,15-16,22,25H,4-10,14,17-20H2,1-3H3;1H/q+1;/p-1. The van der Waals surface area contributed by atoms with Crippen molar-refractivity contribution in [1.29, 1.82) is 0 Å². The van der Waals surface area contributed by atoms with E-state index in [1.807, 2.05) is 44.4 Å². The number of aliphatic hydroxyl groups excluding tert-OH is 1. The Morgan fingerprint density at radius 1 is 1.00 bits per heavy atom. The number of carbonyl (C=O) groups is 1. The predicted molar refractivity (Wildman–Crippen MR) is 111 cm³/mol. The Morgan fingerprint density at radius 2 is 1.57 bits per heavy atom. The summed E-state index contributed by atoms with van der Waals surface area (Å²) in [6.07, 6.45) is 10.1. The van der Waals surface area contributed by atoms with Crippen molar-refractivity contribution in [2.45, 2.75) is 70.8 Å². The van der Waals surface area contributed by atoms with Crippen LogP contribution in [0.1, 0.15) is 76.4 Å². The maximum absolute atomic E-state index is 12.1. The Bertz CT molecular complexity index is 508. The Hall–Kier alpha value is -1.10. The molecule has 0 aliphatic rings. The number of aliphatic hydroxyl groups is 1. The first kappa shape index (κ1) is 26.9. The molecular weight excluding hydrogens is 374 g/mol. The zero-order valence-corrected chi connectivity index (χ0v) is 18.8. The fourth-order valence-electron chi connectivity index (χ4n) is 3.21. The molecule has 0 amide bonds. The lowest BCUT2D eigenvalue weighted by Gasteiger charge is -2.29. The summed E-state index contributed by atoms with van der Waals surface area (Å²) in [5, 5.41) is 10.3. The molecule has 0 saturated carbocycles. The van der Waals surface area contributed by atoms with Crippen LogP contribution in [0.2, 0.25) is 0 Å². The number of halogens is 1. The molecule has 0 radical (unpaired) electrons. The molecule has 0 aliphatic heterocycles. The van der Waals surface area contributed by atoms with Gasteiger partial charge in [-0.15, -0.1) is 0 Å². The van der Waals surface area contributed by atoms with Crippen LogP contribution in [-0.2, 0) is 9.53 Å². The molecule has 4 nitrogen and oxygen atoms in total. The van der Waals surface area contributed by atoms with Gasteiger partial charge in [0.2, 0.25) is 0 Å². The molecule has 1 atom stereocenters. The topological polar surface area (TPSA) is 46.5 Å². The maximum Gasteiger partial charge on any atom is 0.361 e. The molecule has 1 aromatic rings. The molecule has 0 spiro atoms. The van der Waals surface area contributed by atoms with Gasteiger partial charge >= 0.3 is 5.97 Å². The third-order valence-electron chi connectivity index (χ3n) is 5.01. The Morgan fingerprint density at radius 3 is 2.18 bits per heavy atom. The quantitative estimate of drug-likeness (QED) is 0.271. The summed E-state index contributed by atoms with van der Waals surface area (Å²) in [4.78, 5) is 12.1. The van der Waals surface area contributed by atoms with Gasteiger partial charge in [-0.05, 0) is 12.0 Å². The average Bonchev–Trinajstić information content (AvgIpc) is 2.65. The minimum atomic E-state index is -0.489. The molecule has 0 bridgehead atoms. The first-order valence-corrected chi connectivity index (χ1v) is 10.7. The van der Waals surface area contributed by atoms with Crippen molar-refractivity contribution in [3.8, 4) is 0 Å². The van der Waals surface area contributed by atoms with Gasteiger partial charge in [0, 0.05) is 6.42 Å². The fourth-order valence-corrected chi connectivity index (χ4v) is 3.21. The largest absolute Gasteiger partial charge is 1.00 e. The van der Waals surface area contributed by atoms with Crippen molar-refractivity contribution >= 4 is 5.97 Å². The summed E-state index contributed by atoms with van der Waals surface area (Å²) in [5.74, 6) is -0.142. The van der Waals surface area contributed by atoms with Crippen LogP contribution in [0.5, 0.6) is 0 Å². The summed E-state index contributed by atoms with van der Waals surface area (Å²) < 4.78 is 5.93. The number of ether oxygens (including phenoxy) is 1. The number of unbranched alkanes of at least 4 members (excludes halogenated alkanes) is 7. The van der Waals surface area contributed by atoms with Crippen molar-refractivity contribution in [2.75, 3.05) is 33.8 Å². The summed E-state index contributed by atoms with van der Waals surface area (Å²) in [6.45, 7) is 3.83. The maximum atomic E-state index is 12.1. The molecule has 0 heterocycles. The molecular formula is C23H40ClNO3. The Kier molecular flexibility index (Phi) is 15.2. The van der Waals surface area contributed by atoms with E-state index in [1.165, 1.54) is 38.5 Å². The van der Waals surface area contributed by atoms with Crippen LogP contribution in [-0.4, -0.2) is 49.4 Å². The van der Waals surface area contributed by atoms with Crippen LogP contribution >= 0.6 is 0 Å². The number of esters is 1. The van der Waals surface area contributed by atoms with E-state index in [4.69, 9.17) is 4.74 Å². The fraction of sp³-hybridized carbons (Fsp3) is 0.696. The minimum absolute atomic E-state index is 0. The van der Waals surface area contributed by atoms with Crippen LogP contribution in [0.15, 0.2) is 30.3 Å². The van der Waals surface area contributed by atoms with Crippen molar-refractivity contribution in [3.63, 3.8) is 0 Å². The third-order valence-corrected chi connectivity index (χ3v) is 5.01. The van der Waals surface area contributed by atoms with Crippen molar-refractivity contribution in [1.82, 2.24) is 0 Å². The zero-order chi connectivity index (χ0) is 20.0. The average molecular weight is 414 g/mol. The molecule has 1 rings (SSSR count). The van der Waals surface area contributed by atoms with Crippen LogP contribution in [0.4, 0.5) is 0 Å². The highest BCUT2D eigenvalue weighted by atomic mass is 35.5. The van der Waals surface area contributed by atoms with Crippen LogP contribution in [0, 0.1) is 0 Å². The molecule has 0 aromatic heterocycles. The van der Waals surface area contributed by atoms with Gasteiger partial charge in [-0.3, -0.25) is 0 Å². The Balaban J connectivity index is 0.00000729. The second-order valence-electron chi connectivity index (χ2n) is 8.23. The smallest absolute Gasteiger partial charge is 0.361 e. The van der Waals surface area contributed by atoms with Gasteiger partial charge in [-0.2, -0.15) is 0 Å². The summed E-state index contributed by atoms with van der Waals surface area (Å²) in [7, 11) is 4.02. The summed E-state index contributed by atoms with van der Waals surface area (Å²) in [5.41, 5.74) is 0.926. The van der Waals surface area contributed by atoms with Gasteiger partial charge in [0.1, 0.15) is 0 Å². The summed E-state index contributed by atoms with van der Waals surface area (Å²) >= 11 is 0. The lowest BCUT2D eigenvalue weighted by molar-refractivity contribution is -0.883. The second-order valence-corrected chi connectivity index (χ2v) is 8.23. The number of benzene rings is 1. The van der Waals surface area contributed by atoms with E-state index in [9.17, 15) is 9.90 Å². The monoisotopic (exact) mass is 413 g/mol. The van der Waals surface area contributed by atoms with Gasteiger partial charge in [0.05, 0.1) is 33.4 Å². The summed E-state index contributed by atoms with van der Waals surface area (Å²) in [6, 6.07) is 9.67. The second kappa shape index (κ2) is 15.8. The number of carbonyl (C=O) groups excluding carboxylic acids is 1. The molecule has 0 aliphatic carbocycles. The number of hydrogen-bond donors (Lipinski definition) is 1. The van der Waals surface area contributed by atoms with Crippen molar-refractivity contribution in [2.24, 2.45) is 0 Å². The molecule has 5 heteroatoms. The molecule has 162 valence electrons. The van der Waals surface area contributed by atoms with Crippen LogP contribution < -0.4 is 12.4 Å². The van der Waals surface area contributed by atoms with Gasteiger partial charge in [-0.1, -0.05) is 82.2 Å². The highest BCUT2D eigenvalue weighted by molar-refractivity contribution is 5.70. The van der Waals surface area contributed by atoms with E-state index in [2.05, 4.69) is 6.92 Å². The van der Waals surface area contributed by atoms with E-state index >= 15 is 0 Å². The first-order chi connectivity index (χ1) is 12.9. The van der Waals surface area contributed by atoms with Gasteiger partial charge in [0.25, 0.3) is 0 Å². The number of likely N-dealkylation sites (N-methyl/N-ethyl adjacent to an activating group) is 1. The highest BCUT2D eigenvalue weighted by Gasteiger charge is 2.22. The number of rotatable bonds is 15. The van der Waals surface area contributed by atoms with E-state index in [-0.39, 0.29) is 18.4 Å². The van der Waals surface area contributed by atoms with Gasteiger partial charge in [0.15, 0.2) is 6.54 Å². The molecule has 0 saturated heterocycles. The predicted octanol–water partition coefficient (Wildman–Crippen LogP) is 1.87. The van der Waals surface area contributed by atoms with Crippen molar-refractivity contribution in [3.05, 3.63) is 35.9 Å². The van der Waals surface area contributed by atoms with E-state index in [1.54, 1.807) is 0 Å². The zero-order valence-electron chi connectivity index (χ0n) is 18.0. The number of nitrogens with zero attached hydrogens (tertiary/aromatic N) is 1. The molecule has 1 unspecified atom stereocenters. The van der Waals surface area contributed by atoms with Crippen LogP contribution in [0.3, 0.4) is 0 Å². The highest BCUT2D eigenvalue weighted by Crippen LogP contribution is 2.17. The van der Waals surface area contributed by atoms with E-state index in [0.717, 1.165) is 24.9 Å². The van der Waals surface area contributed by atoms with Crippen LogP contribution in [0.25, 0.3) is 0 Å². The third kappa shape index (κ3) is 13.1. The van der Waals surface area contributed by atoms with Crippen molar-refractivity contribution < 1.29 is 31.5 Å². The molecule has 1 aromatic carbocycles. The van der Waals surface area contributed by atoms with Gasteiger partial charge in [-0.25, -0.2) is 4.79 Å². The Labute approximate surface area is 178 Å². The van der Waals surface area contributed by atoms with E-state index in [0.29, 0.717) is 24.1 Å². The molecule has 28 heavy (non-hydrogen) atoms. The van der Waals surface area contributed by atoms with E-state index < -0.39 is 6.10 Å². The SMILES string of the molecule is CCCCCCCCCCOC(=O)C[N+](C)(C)CCC(O)c1ccccc1.[Cl-]. The van der Waals surface area contributed by atoms with Gasteiger partial charge < -0.3 is 26.7 Å². The lowest BCUT2D eigenvalue weighted by atomic mass is 10.1. The first-order valence-electron chi connectivity index (χ1n) is 10.7.